The molecule has 1 unspecified atom stereocenters. The van der Waals surface area contributed by atoms with Gasteiger partial charge < -0.3 is 14.5 Å². The molecule has 1 N–H and O–H groups in total. The molecule has 0 saturated carbocycles. The van der Waals surface area contributed by atoms with Crippen LogP contribution in [-0.4, -0.2) is 26.7 Å². The predicted molar refractivity (Wildman–Crippen MR) is 122 cm³/mol. The highest BCUT2D eigenvalue weighted by atomic mass is 16.5. The van der Waals surface area contributed by atoms with Gasteiger partial charge in [0.15, 0.2) is 5.58 Å². The Labute approximate surface area is 185 Å². The van der Waals surface area contributed by atoms with Crippen LogP contribution in [0.25, 0.3) is 16.6 Å². The molecule has 0 radical (unpaired) electrons. The first kappa shape index (κ1) is 21.7. The van der Waals surface area contributed by atoms with Crippen molar-refractivity contribution in [3.63, 3.8) is 0 Å². The Kier molecular flexibility index (Phi) is 6.03. The van der Waals surface area contributed by atoms with Crippen molar-refractivity contribution in [3.8, 4) is 5.75 Å². The van der Waals surface area contributed by atoms with Crippen molar-refractivity contribution in [1.82, 2.24) is 19.5 Å². The second-order valence-corrected chi connectivity index (χ2v) is 7.67. The number of para-hydroxylation sites is 1. The minimum absolute atomic E-state index is 0.258. The van der Waals surface area contributed by atoms with Crippen LogP contribution in [-0.2, 0) is 17.8 Å². The number of amides is 1. The van der Waals surface area contributed by atoms with Crippen molar-refractivity contribution in [2.75, 3.05) is 6.61 Å². The molecule has 0 bridgehead atoms. The second-order valence-electron chi connectivity index (χ2n) is 7.67. The summed E-state index contributed by atoms with van der Waals surface area (Å²) in [6.45, 7) is 8.48. The molecule has 1 amide bonds. The van der Waals surface area contributed by atoms with Crippen molar-refractivity contribution in [1.29, 1.82) is 0 Å². The third-order valence-electron chi connectivity index (χ3n) is 5.55. The maximum atomic E-state index is 13.3. The highest BCUT2D eigenvalue weighted by molar-refractivity contribution is 5.84. The lowest BCUT2D eigenvalue weighted by Gasteiger charge is -2.19. The third-order valence-corrected chi connectivity index (χ3v) is 5.55. The molecule has 168 valence electrons. The minimum atomic E-state index is -0.722. The average molecular weight is 437 g/mol. The van der Waals surface area contributed by atoms with E-state index in [2.05, 4.69) is 10.4 Å². The van der Waals surface area contributed by atoms with Gasteiger partial charge in [-0.2, -0.15) is 5.10 Å². The summed E-state index contributed by atoms with van der Waals surface area (Å²) in [5.74, 6) is 1.95. The van der Waals surface area contributed by atoms with E-state index in [0.29, 0.717) is 42.9 Å². The number of furan rings is 1. The molecule has 0 saturated heterocycles. The van der Waals surface area contributed by atoms with Crippen LogP contribution in [0.1, 0.15) is 50.4 Å². The zero-order valence-electron chi connectivity index (χ0n) is 18.8. The fourth-order valence-corrected chi connectivity index (χ4v) is 4.04. The molecule has 0 aliphatic carbocycles. The summed E-state index contributed by atoms with van der Waals surface area (Å²) in [5.41, 5.74) is 2.47. The van der Waals surface area contributed by atoms with Crippen molar-refractivity contribution in [3.05, 3.63) is 63.9 Å². The Bertz CT molecular complexity index is 1330. The summed E-state index contributed by atoms with van der Waals surface area (Å²) in [6.07, 6.45) is 1.03. The maximum absolute atomic E-state index is 13.3. The predicted octanol–water partition coefficient (Wildman–Crippen LogP) is 3.78. The lowest BCUT2D eigenvalue weighted by molar-refractivity contribution is -0.125. The molecule has 1 aromatic carbocycles. The van der Waals surface area contributed by atoms with Crippen LogP contribution in [0.3, 0.4) is 0 Å². The SMILES string of the molecule is CCOc1ccccc1CNC(=O)C(CC)n1nc(CC)n2c(cc3oc(C)cc32)c1=O. The molecule has 0 spiro atoms. The van der Waals surface area contributed by atoms with Crippen LogP contribution in [0, 0.1) is 6.92 Å². The number of carbonyl (C=O) groups excluding carboxylic acids is 1. The second kappa shape index (κ2) is 8.90. The molecule has 0 fully saturated rings. The molecule has 0 aliphatic rings. The first-order valence-electron chi connectivity index (χ1n) is 11.0. The van der Waals surface area contributed by atoms with Crippen molar-refractivity contribution in [2.45, 2.75) is 53.1 Å². The molecular formula is C24H28N4O4. The fourth-order valence-electron chi connectivity index (χ4n) is 4.04. The van der Waals surface area contributed by atoms with Gasteiger partial charge in [0.25, 0.3) is 5.56 Å². The number of hydrogen-bond acceptors (Lipinski definition) is 5. The molecule has 4 aromatic rings. The molecule has 8 heteroatoms. The topological polar surface area (TPSA) is 90.8 Å². The molecule has 3 aromatic heterocycles. The molecular weight excluding hydrogens is 408 g/mol. The Morgan fingerprint density at radius 3 is 2.69 bits per heavy atom. The number of fused-ring (bicyclic) bond motifs is 3. The maximum Gasteiger partial charge on any atom is 0.291 e. The molecule has 1 atom stereocenters. The van der Waals surface area contributed by atoms with Crippen molar-refractivity contribution < 1.29 is 13.9 Å². The van der Waals surface area contributed by atoms with Gasteiger partial charge in [-0.1, -0.05) is 32.0 Å². The Hall–Kier alpha value is -3.55. The van der Waals surface area contributed by atoms with E-state index in [1.807, 2.05) is 62.4 Å². The zero-order valence-corrected chi connectivity index (χ0v) is 18.8. The Morgan fingerprint density at radius 1 is 1.19 bits per heavy atom. The number of ether oxygens (including phenoxy) is 1. The normalized spacial score (nSPS) is 12.4. The summed E-state index contributed by atoms with van der Waals surface area (Å²) in [7, 11) is 0. The van der Waals surface area contributed by atoms with Gasteiger partial charge in [0.2, 0.25) is 5.91 Å². The number of carbonyl (C=O) groups is 1. The summed E-state index contributed by atoms with van der Waals surface area (Å²) in [4.78, 5) is 26.4. The van der Waals surface area contributed by atoms with Gasteiger partial charge in [-0.25, -0.2) is 4.68 Å². The molecule has 8 nitrogen and oxygen atoms in total. The zero-order chi connectivity index (χ0) is 22.8. The summed E-state index contributed by atoms with van der Waals surface area (Å²) < 4.78 is 14.5. The van der Waals surface area contributed by atoms with Crippen LogP contribution < -0.4 is 15.6 Å². The molecule has 3 heterocycles. The Balaban J connectivity index is 1.68. The van der Waals surface area contributed by atoms with Crippen LogP contribution in [0.15, 0.2) is 45.6 Å². The van der Waals surface area contributed by atoms with Crippen LogP contribution in [0.4, 0.5) is 0 Å². The average Bonchev–Trinajstić information content (AvgIpc) is 3.32. The van der Waals surface area contributed by atoms with Gasteiger partial charge in [0.05, 0.1) is 12.1 Å². The largest absolute Gasteiger partial charge is 0.494 e. The molecule has 0 aliphatic heterocycles. The summed E-state index contributed by atoms with van der Waals surface area (Å²) >= 11 is 0. The Morgan fingerprint density at radius 2 is 1.97 bits per heavy atom. The standard InChI is InChI=1S/C24H28N4O4/c1-5-17(23(29)25-14-16-10-8-9-11-20(16)31-7-3)28-24(30)19-13-21-18(12-15(4)32-21)27(19)22(6-2)26-28/h8-13,17H,5-7,14H2,1-4H3,(H,25,29). The van der Waals surface area contributed by atoms with Crippen LogP contribution in [0.5, 0.6) is 5.75 Å². The van der Waals surface area contributed by atoms with Crippen molar-refractivity contribution >= 4 is 22.5 Å². The van der Waals surface area contributed by atoms with E-state index in [1.165, 1.54) is 4.68 Å². The van der Waals surface area contributed by atoms with Crippen molar-refractivity contribution in [2.24, 2.45) is 0 Å². The lowest BCUT2D eigenvalue weighted by Crippen LogP contribution is -2.39. The monoisotopic (exact) mass is 436 g/mol. The third kappa shape index (κ3) is 3.77. The van der Waals surface area contributed by atoms with Gasteiger partial charge in [0.1, 0.15) is 28.9 Å². The van der Waals surface area contributed by atoms with E-state index in [1.54, 1.807) is 6.07 Å². The highest BCUT2D eigenvalue weighted by Gasteiger charge is 2.24. The van der Waals surface area contributed by atoms with E-state index in [9.17, 15) is 9.59 Å². The number of aromatic nitrogens is 3. The number of nitrogens with one attached hydrogen (secondary N) is 1. The number of nitrogens with zero attached hydrogens (tertiary/aromatic N) is 3. The van der Waals surface area contributed by atoms with E-state index in [4.69, 9.17) is 9.15 Å². The number of rotatable bonds is 8. The first-order valence-corrected chi connectivity index (χ1v) is 11.0. The number of aryl methyl sites for hydroxylation is 2. The van der Waals surface area contributed by atoms with Gasteiger partial charge in [-0.15, -0.1) is 0 Å². The van der Waals surface area contributed by atoms with E-state index >= 15 is 0 Å². The summed E-state index contributed by atoms with van der Waals surface area (Å²) in [6, 6.07) is 10.5. The van der Waals surface area contributed by atoms with E-state index < -0.39 is 6.04 Å². The molecule has 32 heavy (non-hydrogen) atoms. The number of benzene rings is 1. The van der Waals surface area contributed by atoms with Crippen LogP contribution in [0.2, 0.25) is 0 Å². The quantitative estimate of drug-likeness (QED) is 0.454. The highest BCUT2D eigenvalue weighted by Crippen LogP contribution is 2.24. The van der Waals surface area contributed by atoms with E-state index in [0.717, 1.165) is 22.6 Å². The number of hydrogen-bond donors (Lipinski definition) is 1. The summed E-state index contributed by atoms with van der Waals surface area (Å²) in [5, 5.41) is 7.53. The first-order chi connectivity index (χ1) is 15.5. The fraction of sp³-hybridized carbons (Fsp3) is 0.375. The van der Waals surface area contributed by atoms with E-state index in [-0.39, 0.29) is 11.5 Å². The van der Waals surface area contributed by atoms with Gasteiger partial charge in [-0.05, 0) is 26.3 Å². The van der Waals surface area contributed by atoms with Gasteiger partial charge in [-0.3, -0.25) is 14.0 Å². The lowest BCUT2D eigenvalue weighted by atomic mass is 10.1. The van der Waals surface area contributed by atoms with Gasteiger partial charge in [0, 0.05) is 30.7 Å². The minimum Gasteiger partial charge on any atom is -0.494 e. The van der Waals surface area contributed by atoms with Gasteiger partial charge >= 0.3 is 0 Å². The molecule has 4 rings (SSSR count). The van der Waals surface area contributed by atoms with Crippen LogP contribution >= 0.6 is 0 Å². The smallest absolute Gasteiger partial charge is 0.291 e.